The molecule has 2 N–H and O–H groups in total. The van der Waals surface area contributed by atoms with Gasteiger partial charge in [-0.3, -0.25) is 0 Å². The van der Waals surface area contributed by atoms with E-state index in [2.05, 4.69) is 10.1 Å². The van der Waals surface area contributed by atoms with Crippen molar-refractivity contribution in [1.29, 1.82) is 0 Å². The molecule has 0 atom stereocenters. The number of methoxy groups -OCH3 is 1. The second kappa shape index (κ2) is 11.0. The highest BCUT2D eigenvalue weighted by atomic mass is 16.6. The van der Waals surface area contributed by atoms with Crippen LogP contribution in [0.25, 0.3) is 11.1 Å². The number of rotatable bonds is 7. The monoisotopic (exact) mass is 476 g/mol. The molecule has 35 heavy (non-hydrogen) atoms. The fourth-order valence-corrected chi connectivity index (χ4v) is 3.52. The van der Waals surface area contributed by atoms with Crippen molar-refractivity contribution in [1.82, 2.24) is 4.90 Å². The number of nitrogens with one attached hydrogen (secondary N) is 1. The van der Waals surface area contributed by atoms with Gasteiger partial charge in [0.25, 0.3) is 0 Å². The van der Waals surface area contributed by atoms with Gasteiger partial charge in [-0.05, 0) is 73.4 Å². The smallest absolute Gasteiger partial charge is 0.410 e. The molecule has 0 saturated heterocycles. The second-order valence-corrected chi connectivity index (χ2v) is 9.31. The van der Waals surface area contributed by atoms with E-state index in [0.717, 1.165) is 27.9 Å². The maximum Gasteiger partial charge on any atom is 0.410 e. The minimum Gasteiger partial charge on any atom is -0.507 e. The van der Waals surface area contributed by atoms with Crippen LogP contribution in [-0.2, 0) is 22.6 Å². The SMILES string of the molecule is COC(=O)c1ccc(-c2cccc(CNc3cccc(CN(C)C(=O)OC(C)(C)C)c3)c2)cc1O. The number of phenols is 1. The summed E-state index contributed by atoms with van der Waals surface area (Å²) in [4.78, 5) is 25.5. The summed E-state index contributed by atoms with van der Waals surface area (Å²) in [6.07, 6.45) is -0.363. The van der Waals surface area contributed by atoms with Crippen LogP contribution >= 0.6 is 0 Å². The Hall–Kier alpha value is -4.00. The molecular weight excluding hydrogens is 444 g/mol. The molecule has 0 unspecified atom stereocenters. The van der Waals surface area contributed by atoms with Gasteiger partial charge in [-0.1, -0.05) is 36.4 Å². The summed E-state index contributed by atoms with van der Waals surface area (Å²) in [5.41, 5.74) is 4.28. The summed E-state index contributed by atoms with van der Waals surface area (Å²) in [5.74, 6) is -0.697. The molecule has 7 nitrogen and oxygen atoms in total. The number of anilines is 1. The van der Waals surface area contributed by atoms with Gasteiger partial charge in [0.1, 0.15) is 16.9 Å². The largest absolute Gasteiger partial charge is 0.507 e. The summed E-state index contributed by atoms with van der Waals surface area (Å²) in [7, 11) is 3.00. The molecule has 3 aromatic rings. The fraction of sp³-hybridized carbons (Fsp3) is 0.286. The normalized spacial score (nSPS) is 11.0. The average Bonchev–Trinajstić information content (AvgIpc) is 2.81. The van der Waals surface area contributed by atoms with Crippen LogP contribution in [0.2, 0.25) is 0 Å². The molecule has 1 amide bonds. The third kappa shape index (κ3) is 7.24. The van der Waals surface area contributed by atoms with E-state index in [-0.39, 0.29) is 17.4 Å². The van der Waals surface area contributed by atoms with Crippen LogP contribution < -0.4 is 5.32 Å². The fourth-order valence-electron chi connectivity index (χ4n) is 3.52. The number of carbonyl (C=O) groups excluding carboxylic acids is 2. The Bertz CT molecular complexity index is 1200. The number of benzene rings is 3. The lowest BCUT2D eigenvalue weighted by molar-refractivity contribution is 0.0285. The molecule has 184 valence electrons. The molecule has 0 aliphatic rings. The number of ether oxygens (including phenoxy) is 2. The van der Waals surface area contributed by atoms with E-state index in [4.69, 9.17) is 4.74 Å². The molecule has 0 bridgehead atoms. The Morgan fingerprint density at radius 3 is 2.31 bits per heavy atom. The van der Waals surface area contributed by atoms with Gasteiger partial charge in [0.2, 0.25) is 0 Å². The predicted molar refractivity (Wildman–Crippen MR) is 136 cm³/mol. The number of hydrogen-bond acceptors (Lipinski definition) is 6. The Kier molecular flexibility index (Phi) is 8.02. The Morgan fingerprint density at radius 2 is 1.63 bits per heavy atom. The summed E-state index contributed by atoms with van der Waals surface area (Å²) < 4.78 is 10.1. The maximum absolute atomic E-state index is 12.2. The van der Waals surface area contributed by atoms with Crippen LogP contribution in [0.4, 0.5) is 10.5 Å². The van der Waals surface area contributed by atoms with Gasteiger partial charge in [-0.15, -0.1) is 0 Å². The van der Waals surface area contributed by atoms with E-state index in [9.17, 15) is 14.7 Å². The minimum absolute atomic E-state index is 0.119. The highest BCUT2D eigenvalue weighted by molar-refractivity contribution is 5.93. The molecule has 0 aliphatic heterocycles. The lowest BCUT2D eigenvalue weighted by atomic mass is 10.0. The number of aromatic hydroxyl groups is 1. The molecule has 3 aromatic carbocycles. The standard InChI is InChI=1S/C28H32N2O5/c1-28(2,3)35-27(33)30(4)18-20-9-7-11-23(15-20)29-17-19-8-6-10-21(14-19)22-12-13-24(25(31)16-22)26(32)34-5/h6-16,29,31H,17-18H2,1-5H3. The zero-order valence-electron chi connectivity index (χ0n) is 20.8. The lowest BCUT2D eigenvalue weighted by Gasteiger charge is -2.24. The zero-order chi connectivity index (χ0) is 25.6. The van der Waals surface area contributed by atoms with E-state index in [1.807, 2.05) is 69.3 Å². The van der Waals surface area contributed by atoms with Crippen molar-refractivity contribution in [2.75, 3.05) is 19.5 Å². The highest BCUT2D eigenvalue weighted by Crippen LogP contribution is 2.28. The molecule has 0 heterocycles. The van der Waals surface area contributed by atoms with Gasteiger partial charge in [-0.2, -0.15) is 0 Å². The van der Waals surface area contributed by atoms with Crippen molar-refractivity contribution >= 4 is 17.7 Å². The average molecular weight is 477 g/mol. The summed E-state index contributed by atoms with van der Waals surface area (Å²) >= 11 is 0. The van der Waals surface area contributed by atoms with Crippen LogP contribution in [0.15, 0.2) is 66.7 Å². The van der Waals surface area contributed by atoms with Crippen molar-refractivity contribution in [3.05, 3.63) is 83.4 Å². The van der Waals surface area contributed by atoms with E-state index in [1.165, 1.54) is 7.11 Å². The Labute approximate surface area is 206 Å². The van der Waals surface area contributed by atoms with Crippen LogP contribution in [0.5, 0.6) is 5.75 Å². The number of esters is 1. The van der Waals surface area contributed by atoms with Crippen molar-refractivity contribution in [2.45, 2.75) is 39.5 Å². The first kappa shape index (κ1) is 25.6. The minimum atomic E-state index is -0.577. The molecule has 0 aliphatic carbocycles. The van der Waals surface area contributed by atoms with Gasteiger partial charge in [-0.25, -0.2) is 9.59 Å². The van der Waals surface area contributed by atoms with Crippen molar-refractivity contribution in [3.63, 3.8) is 0 Å². The molecular formula is C28H32N2O5. The first-order chi connectivity index (χ1) is 16.6. The Morgan fingerprint density at radius 1 is 0.943 bits per heavy atom. The van der Waals surface area contributed by atoms with Crippen LogP contribution in [0.1, 0.15) is 42.3 Å². The number of hydrogen-bond donors (Lipinski definition) is 2. The molecule has 0 aromatic heterocycles. The van der Waals surface area contributed by atoms with E-state index >= 15 is 0 Å². The maximum atomic E-state index is 12.2. The third-order valence-corrected chi connectivity index (χ3v) is 5.21. The number of nitrogens with zero attached hydrogens (tertiary/aromatic N) is 1. The summed E-state index contributed by atoms with van der Waals surface area (Å²) in [6, 6.07) is 20.7. The summed E-state index contributed by atoms with van der Waals surface area (Å²) in [5, 5.41) is 13.6. The van der Waals surface area contributed by atoms with Crippen LogP contribution in [0, 0.1) is 0 Å². The first-order valence-corrected chi connectivity index (χ1v) is 11.3. The molecule has 0 radical (unpaired) electrons. The molecule has 3 rings (SSSR count). The summed E-state index contributed by atoms with van der Waals surface area (Å²) in [6.45, 7) is 6.56. The molecule has 7 heteroatoms. The molecule has 0 fully saturated rings. The quantitative estimate of drug-likeness (QED) is 0.418. The number of carbonyl (C=O) groups is 2. The Balaban J connectivity index is 1.66. The van der Waals surface area contributed by atoms with E-state index in [0.29, 0.717) is 13.1 Å². The van der Waals surface area contributed by atoms with Gasteiger partial charge in [0, 0.05) is 25.8 Å². The topological polar surface area (TPSA) is 88.1 Å². The third-order valence-electron chi connectivity index (χ3n) is 5.21. The molecule has 0 saturated carbocycles. The highest BCUT2D eigenvalue weighted by Gasteiger charge is 2.19. The van der Waals surface area contributed by atoms with E-state index < -0.39 is 11.6 Å². The van der Waals surface area contributed by atoms with Crippen molar-refractivity contribution < 1.29 is 24.2 Å². The van der Waals surface area contributed by atoms with Gasteiger partial charge in [0.05, 0.1) is 7.11 Å². The first-order valence-electron chi connectivity index (χ1n) is 11.3. The van der Waals surface area contributed by atoms with Gasteiger partial charge in [0.15, 0.2) is 0 Å². The number of phenolic OH excluding ortho intramolecular Hbond substituents is 1. The van der Waals surface area contributed by atoms with E-state index in [1.54, 1.807) is 30.1 Å². The number of amides is 1. The van der Waals surface area contributed by atoms with Gasteiger partial charge >= 0.3 is 12.1 Å². The van der Waals surface area contributed by atoms with Crippen LogP contribution in [-0.4, -0.2) is 41.8 Å². The van der Waals surface area contributed by atoms with Gasteiger partial charge < -0.3 is 24.8 Å². The van der Waals surface area contributed by atoms with Crippen molar-refractivity contribution in [2.24, 2.45) is 0 Å². The van der Waals surface area contributed by atoms with Crippen molar-refractivity contribution in [3.8, 4) is 16.9 Å². The lowest BCUT2D eigenvalue weighted by Crippen LogP contribution is -2.33. The second-order valence-electron chi connectivity index (χ2n) is 9.31. The molecule has 0 spiro atoms. The van der Waals surface area contributed by atoms with Crippen LogP contribution in [0.3, 0.4) is 0 Å². The zero-order valence-corrected chi connectivity index (χ0v) is 20.8. The predicted octanol–water partition coefficient (Wildman–Crippen LogP) is 5.82.